The van der Waals surface area contributed by atoms with Crippen molar-refractivity contribution in [3.8, 4) is 0 Å². The predicted octanol–water partition coefficient (Wildman–Crippen LogP) is 4.89. The van der Waals surface area contributed by atoms with Gasteiger partial charge in [-0.1, -0.05) is 13.8 Å². The number of carbonyl (C=O) groups excluding carboxylic acids is 1. The number of thioether (sulfide) groups is 1. The van der Waals surface area contributed by atoms with Crippen LogP contribution in [-0.2, 0) is 11.8 Å². The number of benzene rings is 1. The van der Waals surface area contributed by atoms with E-state index in [1.807, 2.05) is 56.4 Å². The van der Waals surface area contributed by atoms with Crippen molar-refractivity contribution >= 4 is 29.4 Å². The van der Waals surface area contributed by atoms with Crippen molar-refractivity contribution in [2.45, 2.75) is 51.2 Å². The molecule has 0 aliphatic heterocycles. The highest BCUT2D eigenvalue weighted by Crippen LogP contribution is 2.28. The van der Waals surface area contributed by atoms with Gasteiger partial charge in [0.1, 0.15) is 0 Å². The average Bonchev–Trinajstić information content (AvgIpc) is 2.80. The molecule has 25 heavy (non-hydrogen) atoms. The number of anilines is 1. The minimum Gasteiger partial charge on any atom is -0.322 e. The Kier molecular flexibility index (Phi) is 6.48. The van der Waals surface area contributed by atoms with Gasteiger partial charge in [0, 0.05) is 40.2 Å². The van der Waals surface area contributed by atoms with Gasteiger partial charge >= 0.3 is 0 Å². The van der Waals surface area contributed by atoms with Gasteiger partial charge in [0.15, 0.2) is 0 Å². The largest absolute Gasteiger partial charge is 0.322 e. The Hall–Kier alpha value is -2.01. The van der Waals surface area contributed by atoms with Gasteiger partial charge in [0.2, 0.25) is 5.91 Å². The molecule has 1 atom stereocenters. The van der Waals surface area contributed by atoms with E-state index in [0.29, 0.717) is 5.25 Å². The Morgan fingerprint density at radius 3 is 2.64 bits per heavy atom. The molecular formula is C20H27N3OS. The molecule has 0 saturated heterocycles. The third-order valence-electron chi connectivity index (χ3n) is 4.33. The first-order valence-electron chi connectivity index (χ1n) is 8.58. The number of aromatic nitrogens is 2. The van der Waals surface area contributed by atoms with E-state index in [-0.39, 0.29) is 5.91 Å². The zero-order valence-electron chi connectivity index (χ0n) is 15.9. The summed E-state index contributed by atoms with van der Waals surface area (Å²) < 4.78 is 1.82. The summed E-state index contributed by atoms with van der Waals surface area (Å²) in [5.41, 5.74) is 4.89. The summed E-state index contributed by atoms with van der Waals surface area (Å²) in [5, 5.41) is 7.91. The van der Waals surface area contributed by atoms with Crippen LogP contribution in [0.2, 0.25) is 0 Å². The van der Waals surface area contributed by atoms with Gasteiger partial charge in [0.25, 0.3) is 0 Å². The van der Waals surface area contributed by atoms with Crippen LogP contribution in [0.15, 0.2) is 29.2 Å². The summed E-state index contributed by atoms with van der Waals surface area (Å²) in [6.07, 6.45) is 4.54. The second kappa shape index (κ2) is 8.39. The molecule has 2 aromatic rings. The first-order chi connectivity index (χ1) is 11.8. The summed E-state index contributed by atoms with van der Waals surface area (Å²) in [7, 11) is 1.90. The van der Waals surface area contributed by atoms with E-state index in [2.05, 4.69) is 36.4 Å². The quantitative estimate of drug-likeness (QED) is 0.591. The number of rotatable bonds is 6. The monoisotopic (exact) mass is 357 g/mol. The van der Waals surface area contributed by atoms with Crippen molar-refractivity contribution in [3.63, 3.8) is 0 Å². The molecule has 1 N–H and O–H groups in total. The molecule has 0 bridgehead atoms. The maximum Gasteiger partial charge on any atom is 0.248 e. The maximum atomic E-state index is 12.2. The molecule has 0 fully saturated rings. The van der Waals surface area contributed by atoms with Crippen LogP contribution in [0.3, 0.4) is 0 Å². The number of nitrogens with one attached hydrogen (secondary N) is 1. The van der Waals surface area contributed by atoms with E-state index in [1.165, 1.54) is 4.90 Å². The van der Waals surface area contributed by atoms with E-state index in [4.69, 9.17) is 0 Å². The lowest BCUT2D eigenvalue weighted by Gasteiger charge is -2.11. The summed E-state index contributed by atoms with van der Waals surface area (Å²) >= 11 is 1.86. The molecule has 2 rings (SSSR count). The van der Waals surface area contributed by atoms with Gasteiger partial charge in [-0.2, -0.15) is 5.10 Å². The summed E-state index contributed by atoms with van der Waals surface area (Å²) in [5.74, 6) is -0.131. The Morgan fingerprint density at radius 1 is 1.36 bits per heavy atom. The first-order valence-corrected chi connectivity index (χ1v) is 9.46. The van der Waals surface area contributed by atoms with Crippen LogP contribution in [0.1, 0.15) is 42.8 Å². The lowest BCUT2D eigenvalue weighted by Crippen LogP contribution is -2.09. The minimum absolute atomic E-state index is 0.131. The van der Waals surface area contributed by atoms with Crippen LogP contribution in [-0.4, -0.2) is 20.9 Å². The van der Waals surface area contributed by atoms with Crippen molar-refractivity contribution in [3.05, 3.63) is 46.8 Å². The molecule has 0 radical (unpaired) electrons. The minimum atomic E-state index is -0.131. The van der Waals surface area contributed by atoms with E-state index in [9.17, 15) is 4.79 Å². The predicted molar refractivity (Wildman–Crippen MR) is 107 cm³/mol. The Balaban J connectivity index is 2.06. The van der Waals surface area contributed by atoms with E-state index in [0.717, 1.165) is 34.6 Å². The topological polar surface area (TPSA) is 46.9 Å². The van der Waals surface area contributed by atoms with E-state index < -0.39 is 0 Å². The number of carbonyl (C=O) groups is 1. The molecule has 0 aliphatic rings. The fraction of sp³-hybridized carbons (Fsp3) is 0.400. The number of aryl methyl sites for hydroxylation is 3. The molecule has 0 saturated carbocycles. The van der Waals surface area contributed by atoms with Crippen LogP contribution < -0.4 is 5.32 Å². The summed E-state index contributed by atoms with van der Waals surface area (Å²) in [6, 6.07) is 6.18. The lowest BCUT2D eigenvalue weighted by molar-refractivity contribution is -0.111. The summed E-state index contributed by atoms with van der Waals surface area (Å²) in [6.45, 7) is 10.4. The van der Waals surface area contributed by atoms with Crippen LogP contribution in [0, 0.1) is 20.8 Å². The number of amides is 1. The van der Waals surface area contributed by atoms with E-state index in [1.54, 1.807) is 6.08 Å². The Labute approximate surface area is 154 Å². The summed E-state index contributed by atoms with van der Waals surface area (Å²) in [4.78, 5) is 13.5. The van der Waals surface area contributed by atoms with E-state index >= 15 is 0 Å². The van der Waals surface area contributed by atoms with Crippen molar-refractivity contribution in [1.82, 2.24) is 9.78 Å². The molecule has 1 unspecified atom stereocenters. The molecule has 1 heterocycles. The van der Waals surface area contributed by atoms with Crippen LogP contribution in [0.4, 0.5) is 5.69 Å². The normalized spacial score (nSPS) is 12.6. The van der Waals surface area contributed by atoms with Gasteiger partial charge in [-0.15, -0.1) is 11.8 Å². The number of hydrogen-bond donors (Lipinski definition) is 1. The van der Waals surface area contributed by atoms with Crippen LogP contribution >= 0.6 is 11.8 Å². The van der Waals surface area contributed by atoms with Gasteiger partial charge in [-0.3, -0.25) is 9.48 Å². The first kappa shape index (κ1) is 19.3. The highest BCUT2D eigenvalue weighted by molar-refractivity contribution is 7.99. The molecule has 134 valence electrons. The number of hydrogen-bond acceptors (Lipinski definition) is 3. The molecule has 5 heteroatoms. The Bertz CT molecular complexity index is 792. The van der Waals surface area contributed by atoms with Crippen molar-refractivity contribution < 1.29 is 4.79 Å². The third-order valence-corrected chi connectivity index (χ3v) is 5.60. The van der Waals surface area contributed by atoms with Gasteiger partial charge < -0.3 is 5.32 Å². The molecule has 1 amide bonds. The zero-order valence-corrected chi connectivity index (χ0v) is 16.7. The SMILES string of the molecule is CCC(C)Sc1ccc(NC(=O)/C=C/c2c(C)nn(C)c2C)c(C)c1. The van der Waals surface area contributed by atoms with Crippen LogP contribution in [0.25, 0.3) is 6.08 Å². The molecular weight excluding hydrogens is 330 g/mol. The third kappa shape index (κ3) is 4.98. The lowest BCUT2D eigenvalue weighted by atomic mass is 10.1. The zero-order chi connectivity index (χ0) is 18.6. The molecule has 1 aromatic heterocycles. The Morgan fingerprint density at radius 2 is 2.08 bits per heavy atom. The van der Waals surface area contributed by atoms with Crippen LogP contribution in [0.5, 0.6) is 0 Å². The molecule has 4 nitrogen and oxygen atoms in total. The fourth-order valence-electron chi connectivity index (χ4n) is 2.53. The van der Waals surface area contributed by atoms with Crippen molar-refractivity contribution in [2.24, 2.45) is 7.05 Å². The fourth-order valence-corrected chi connectivity index (χ4v) is 3.55. The highest BCUT2D eigenvalue weighted by Gasteiger charge is 2.08. The maximum absolute atomic E-state index is 12.2. The molecule has 0 spiro atoms. The van der Waals surface area contributed by atoms with Gasteiger partial charge in [0.05, 0.1) is 5.69 Å². The highest BCUT2D eigenvalue weighted by atomic mass is 32.2. The second-order valence-electron chi connectivity index (χ2n) is 6.34. The van der Waals surface area contributed by atoms with Crippen molar-refractivity contribution in [1.29, 1.82) is 0 Å². The number of nitrogens with zero attached hydrogens (tertiary/aromatic N) is 2. The van der Waals surface area contributed by atoms with Gasteiger partial charge in [-0.25, -0.2) is 0 Å². The standard InChI is InChI=1S/C20H27N3OS/c1-7-14(3)25-17-8-10-19(13(2)12-17)21-20(24)11-9-18-15(4)22-23(6)16(18)5/h8-12,14H,7H2,1-6H3,(H,21,24)/b11-9+. The molecule has 0 aliphatic carbocycles. The second-order valence-corrected chi connectivity index (χ2v) is 7.86. The van der Waals surface area contributed by atoms with Gasteiger partial charge in [-0.05, 0) is 57.0 Å². The van der Waals surface area contributed by atoms with Crippen molar-refractivity contribution in [2.75, 3.05) is 5.32 Å². The molecule has 1 aromatic carbocycles. The average molecular weight is 358 g/mol. The smallest absolute Gasteiger partial charge is 0.248 e.